The number of carbonyl (C=O) groups excluding carboxylic acids is 1. The fraction of sp³-hybridized carbons (Fsp3) is 0.333. The lowest BCUT2D eigenvalue weighted by Gasteiger charge is -1.97. The molecule has 2 aromatic heterocycles. The van der Waals surface area contributed by atoms with Gasteiger partial charge in [-0.2, -0.15) is 0 Å². The first-order valence-corrected chi connectivity index (χ1v) is 5.87. The minimum atomic E-state index is -0.992. The molecule has 0 aromatic carbocycles. The average Bonchev–Trinajstić information content (AvgIpc) is 2.98. The molecule has 0 atom stereocenters. The average molecular weight is 280 g/mol. The maximum Gasteiger partial charge on any atom is 0.358 e. The molecular formula is C12H16N4O4. The van der Waals surface area contributed by atoms with Crippen molar-refractivity contribution in [2.45, 2.75) is 20.8 Å². The van der Waals surface area contributed by atoms with Gasteiger partial charge in [-0.25, -0.2) is 19.6 Å². The number of nitrogens with zero attached hydrogens (tertiary/aromatic N) is 2. The monoisotopic (exact) mass is 280 g/mol. The van der Waals surface area contributed by atoms with Crippen LogP contribution in [0.1, 0.15) is 39.3 Å². The Bertz CT molecular complexity index is 588. The molecule has 8 nitrogen and oxygen atoms in total. The summed E-state index contributed by atoms with van der Waals surface area (Å²) in [6, 6.07) is 0. The van der Waals surface area contributed by atoms with E-state index < -0.39 is 5.97 Å². The van der Waals surface area contributed by atoms with Crippen molar-refractivity contribution < 1.29 is 19.4 Å². The Labute approximate surface area is 115 Å². The van der Waals surface area contributed by atoms with E-state index in [4.69, 9.17) is 9.84 Å². The van der Waals surface area contributed by atoms with E-state index in [1.54, 1.807) is 20.8 Å². The van der Waals surface area contributed by atoms with Crippen molar-refractivity contribution in [3.05, 3.63) is 35.4 Å². The van der Waals surface area contributed by atoms with Crippen LogP contribution in [0.25, 0.3) is 0 Å². The van der Waals surface area contributed by atoms with Crippen LogP contribution >= 0.6 is 0 Å². The number of ether oxygens (including phenoxy) is 1. The van der Waals surface area contributed by atoms with E-state index in [2.05, 4.69) is 19.9 Å². The summed E-state index contributed by atoms with van der Waals surface area (Å²) in [6.45, 7) is 5.58. The maximum atomic E-state index is 11.0. The number of aromatic amines is 2. The molecule has 3 N–H and O–H groups in total. The van der Waals surface area contributed by atoms with Crippen LogP contribution in [0.2, 0.25) is 0 Å². The zero-order valence-electron chi connectivity index (χ0n) is 11.4. The highest BCUT2D eigenvalue weighted by Gasteiger charge is 2.11. The van der Waals surface area contributed by atoms with Gasteiger partial charge in [0.2, 0.25) is 0 Å². The van der Waals surface area contributed by atoms with Crippen LogP contribution in [0.4, 0.5) is 0 Å². The predicted molar refractivity (Wildman–Crippen MR) is 69.6 cm³/mol. The molecule has 20 heavy (non-hydrogen) atoms. The molecule has 0 saturated heterocycles. The number of rotatable bonds is 3. The Morgan fingerprint density at radius 1 is 1.15 bits per heavy atom. The maximum absolute atomic E-state index is 11.0. The van der Waals surface area contributed by atoms with Crippen LogP contribution in [0.15, 0.2) is 12.7 Å². The van der Waals surface area contributed by atoms with E-state index in [0.717, 1.165) is 5.69 Å². The van der Waals surface area contributed by atoms with Crippen molar-refractivity contribution in [3.8, 4) is 0 Å². The predicted octanol–water partition coefficient (Wildman–Crippen LogP) is 1.31. The van der Waals surface area contributed by atoms with Crippen molar-refractivity contribution >= 4 is 11.9 Å². The van der Waals surface area contributed by atoms with Gasteiger partial charge in [0, 0.05) is 11.4 Å². The molecule has 0 radical (unpaired) electrons. The second-order valence-electron chi connectivity index (χ2n) is 3.78. The molecule has 108 valence electrons. The van der Waals surface area contributed by atoms with Gasteiger partial charge >= 0.3 is 11.9 Å². The van der Waals surface area contributed by atoms with Crippen LogP contribution in [0.5, 0.6) is 0 Å². The number of aromatic carboxylic acids is 1. The number of aryl methyl sites for hydroxylation is 2. The topological polar surface area (TPSA) is 121 Å². The number of nitrogens with one attached hydrogen (secondary N) is 2. The minimum Gasteiger partial charge on any atom is -0.476 e. The highest BCUT2D eigenvalue weighted by molar-refractivity contribution is 5.88. The van der Waals surface area contributed by atoms with Gasteiger partial charge in [-0.3, -0.25) is 0 Å². The number of esters is 1. The van der Waals surface area contributed by atoms with Gasteiger partial charge in [0.15, 0.2) is 11.4 Å². The summed E-state index contributed by atoms with van der Waals surface area (Å²) in [5.74, 6) is -1.36. The fourth-order valence-electron chi connectivity index (χ4n) is 1.34. The normalized spacial score (nSPS) is 9.55. The quantitative estimate of drug-likeness (QED) is 0.729. The Hall–Kier alpha value is -2.64. The van der Waals surface area contributed by atoms with E-state index >= 15 is 0 Å². The van der Waals surface area contributed by atoms with E-state index in [9.17, 15) is 9.59 Å². The lowest BCUT2D eigenvalue weighted by molar-refractivity contribution is 0.0518. The van der Waals surface area contributed by atoms with E-state index in [1.165, 1.54) is 12.7 Å². The third-order valence-corrected chi connectivity index (χ3v) is 2.33. The first-order valence-electron chi connectivity index (χ1n) is 5.87. The largest absolute Gasteiger partial charge is 0.476 e. The van der Waals surface area contributed by atoms with Crippen molar-refractivity contribution in [1.82, 2.24) is 19.9 Å². The first-order chi connectivity index (χ1) is 9.47. The summed E-state index contributed by atoms with van der Waals surface area (Å²) < 4.78 is 4.75. The Balaban J connectivity index is 0.000000204. The van der Waals surface area contributed by atoms with Crippen molar-refractivity contribution in [1.29, 1.82) is 0 Å². The summed E-state index contributed by atoms with van der Waals surface area (Å²) in [7, 11) is 0. The van der Waals surface area contributed by atoms with Crippen molar-refractivity contribution in [3.63, 3.8) is 0 Å². The number of carbonyl (C=O) groups is 2. The number of hydrogen-bond acceptors (Lipinski definition) is 5. The summed E-state index contributed by atoms with van der Waals surface area (Å²) in [5, 5.41) is 8.37. The lowest BCUT2D eigenvalue weighted by atomic mass is 10.3. The van der Waals surface area contributed by atoms with Crippen LogP contribution in [0, 0.1) is 13.8 Å². The van der Waals surface area contributed by atoms with Crippen molar-refractivity contribution in [2.75, 3.05) is 6.61 Å². The van der Waals surface area contributed by atoms with Gasteiger partial charge in [0.05, 0.1) is 19.3 Å². The Morgan fingerprint density at radius 3 is 1.95 bits per heavy atom. The molecule has 0 amide bonds. The fourth-order valence-corrected chi connectivity index (χ4v) is 1.34. The van der Waals surface area contributed by atoms with Crippen LogP contribution in [0.3, 0.4) is 0 Å². The summed E-state index contributed by atoms with van der Waals surface area (Å²) >= 11 is 0. The van der Waals surface area contributed by atoms with Crippen LogP contribution < -0.4 is 0 Å². The molecule has 2 rings (SSSR count). The molecule has 0 bridgehead atoms. The molecule has 2 heterocycles. The highest BCUT2D eigenvalue weighted by Crippen LogP contribution is 2.01. The first kappa shape index (κ1) is 15.4. The zero-order valence-corrected chi connectivity index (χ0v) is 11.4. The van der Waals surface area contributed by atoms with Gasteiger partial charge in [0.1, 0.15) is 0 Å². The molecule has 0 unspecified atom stereocenters. The number of hydrogen-bond donors (Lipinski definition) is 3. The van der Waals surface area contributed by atoms with E-state index in [0.29, 0.717) is 18.0 Å². The summed E-state index contributed by atoms with van der Waals surface area (Å²) in [4.78, 5) is 34.0. The second kappa shape index (κ2) is 7.07. The van der Waals surface area contributed by atoms with Gasteiger partial charge in [-0.15, -0.1) is 0 Å². The minimum absolute atomic E-state index is 0.0926. The third-order valence-electron chi connectivity index (χ3n) is 2.33. The van der Waals surface area contributed by atoms with E-state index in [-0.39, 0.29) is 11.7 Å². The van der Waals surface area contributed by atoms with Gasteiger partial charge in [-0.05, 0) is 20.8 Å². The highest BCUT2D eigenvalue weighted by atomic mass is 16.5. The smallest absolute Gasteiger partial charge is 0.358 e. The Kier molecular flexibility index (Phi) is 5.45. The van der Waals surface area contributed by atoms with Crippen molar-refractivity contribution in [2.24, 2.45) is 0 Å². The number of carboxylic acid groups (broad SMARTS) is 1. The molecule has 0 fully saturated rings. The van der Waals surface area contributed by atoms with Gasteiger partial charge < -0.3 is 19.8 Å². The molecule has 0 aliphatic heterocycles. The SMILES string of the molecule is CCOC(=O)c1nc[nH]c1C.Cc1[nH]cnc1C(=O)O. The standard InChI is InChI=1S/C7H10N2O2.C5H6N2O2/c1-3-11-7(10)6-5(2)8-4-9-6;1-3-4(5(8)9)7-2-6-3/h4H,3H2,1-2H3,(H,8,9);2H,1H3,(H,6,7)(H,8,9). The molecule has 0 spiro atoms. The van der Waals surface area contributed by atoms with Gasteiger partial charge in [0.25, 0.3) is 0 Å². The zero-order chi connectivity index (χ0) is 15.1. The number of carboxylic acids is 1. The number of imidazole rings is 2. The van der Waals surface area contributed by atoms with Crippen LogP contribution in [-0.4, -0.2) is 43.6 Å². The molecule has 2 aromatic rings. The number of aromatic nitrogens is 4. The molecule has 0 aliphatic carbocycles. The van der Waals surface area contributed by atoms with E-state index in [1.807, 2.05) is 0 Å². The molecule has 0 saturated carbocycles. The summed E-state index contributed by atoms with van der Waals surface area (Å²) in [6.07, 6.45) is 2.83. The molecule has 0 aliphatic rings. The lowest BCUT2D eigenvalue weighted by Crippen LogP contribution is -2.06. The van der Waals surface area contributed by atoms with Crippen LogP contribution in [-0.2, 0) is 4.74 Å². The second-order valence-corrected chi connectivity index (χ2v) is 3.78. The number of H-pyrrole nitrogens is 2. The van der Waals surface area contributed by atoms with Gasteiger partial charge in [-0.1, -0.05) is 0 Å². The Morgan fingerprint density at radius 2 is 1.65 bits per heavy atom. The molecular weight excluding hydrogens is 264 g/mol. The molecule has 8 heteroatoms. The summed E-state index contributed by atoms with van der Waals surface area (Å²) in [5.41, 5.74) is 1.79. The third kappa shape index (κ3) is 3.94.